The van der Waals surface area contributed by atoms with E-state index in [-0.39, 0.29) is 11.9 Å². The summed E-state index contributed by atoms with van der Waals surface area (Å²) in [5.41, 5.74) is 1.28. The molecule has 0 amide bonds. The van der Waals surface area contributed by atoms with E-state index in [2.05, 4.69) is 43.1 Å². The molecule has 5 atom stereocenters. The molecule has 2 heterocycles. The smallest absolute Gasteiger partial charge is 0.310 e. The standard InChI is InChI=1S/C17H23NO2/c1-11-9-15-16(17(19)20-3)13(10-14(11)18(15)2)12-7-5-4-6-8-12/h4-8,11,13-16H,9-10H2,1-3H3. The first-order valence-electron chi connectivity index (χ1n) is 7.48. The van der Waals surface area contributed by atoms with Crippen molar-refractivity contribution in [1.82, 2.24) is 4.90 Å². The highest BCUT2D eigenvalue weighted by atomic mass is 16.5. The Morgan fingerprint density at radius 3 is 2.55 bits per heavy atom. The fraction of sp³-hybridized carbons (Fsp3) is 0.588. The van der Waals surface area contributed by atoms with E-state index >= 15 is 0 Å². The van der Waals surface area contributed by atoms with Crippen LogP contribution in [0.3, 0.4) is 0 Å². The van der Waals surface area contributed by atoms with E-state index < -0.39 is 0 Å². The normalized spacial score (nSPS) is 36.9. The monoisotopic (exact) mass is 273 g/mol. The van der Waals surface area contributed by atoms with Gasteiger partial charge in [0.25, 0.3) is 0 Å². The van der Waals surface area contributed by atoms with Gasteiger partial charge >= 0.3 is 5.97 Å². The molecule has 1 aromatic rings. The summed E-state index contributed by atoms with van der Waals surface area (Å²) in [4.78, 5) is 14.8. The number of hydrogen-bond donors (Lipinski definition) is 0. The van der Waals surface area contributed by atoms with Crippen LogP contribution in [0, 0.1) is 11.8 Å². The summed E-state index contributed by atoms with van der Waals surface area (Å²) >= 11 is 0. The molecule has 0 N–H and O–H groups in total. The molecule has 2 aliphatic heterocycles. The molecule has 1 aromatic carbocycles. The van der Waals surface area contributed by atoms with Gasteiger partial charge in [-0.05, 0) is 31.4 Å². The molecule has 2 fully saturated rings. The van der Waals surface area contributed by atoms with Crippen molar-refractivity contribution in [3.05, 3.63) is 35.9 Å². The van der Waals surface area contributed by atoms with Gasteiger partial charge in [-0.1, -0.05) is 37.3 Å². The van der Waals surface area contributed by atoms with Gasteiger partial charge < -0.3 is 4.74 Å². The van der Waals surface area contributed by atoms with Crippen LogP contribution in [0.5, 0.6) is 0 Å². The second-order valence-electron chi connectivity index (χ2n) is 6.31. The van der Waals surface area contributed by atoms with Gasteiger partial charge in [0.05, 0.1) is 13.0 Å². The summed E-state index contributed by atoms with van der Waals surface area (Å²) in [6, 6.07) is 11.4. The molecular formula is C17H23NO2. The van der Waals surface area contributed by atoms with Crippen molar-refractivity contribution in [1.29, 1.82) is 0 Å². The first-order chi connectivity index (χ1) is 9.63. The zero-order chi connectivity index (χ0) is 14.3. The molecule has 0 saturated carbocycles. The van der Waals surface area contributed by atoms with E-state index in [0.717, 1.165) is 12.8 Å². The molecular weight excluding hydrogens is 250 g/mol. The predicted octanol–water partition coefficient (Wildman–Crippen LogP) is 2.67. The molecule has 20 heavy (non-hydrogen) atoms. The maximum atomic E-state index is 12.3. The Labute approximate surface area is 120 Å². The molecule has 0 radical (unpaired) electrons. The third-order valence-electron chi connectivity index (χ3n) is 5.36. The Bertz CT molecular complexity index is 487. The predicted molar refractivity (Wildman–Crippen MR) is 78.4 cm³/mol. The van der Waals surface area contributed by atoms with Crippen LogP contribution in [-0.4, -0.2) is 37.1 Å². The summed E-state index contributed by atoms with van der Waals surface area (Å²) in [7, 11) is 3.67. The van der Waals surface area contributed by atoms with Gasteiger partial charge in [-0.15, -0.1) is 0 Å². The molecule has 5 unspecified atom stereocenters. The first-order valence-corrected chi connectivity index (χ1v) is 7.48. The van der Waals surface area contributed by atoms with Crippen LogP contribution in [0.25, 0.3) is 0 Å². The van der Waals surface area contributed by atoms with Crippen molar-refractivity contribution >= 4 is 5.97 Å². The number of rotatable bonds is 2. The van der Waals surface area contributed by atoms with Gasteiger partial charge in [0.2, 0.25) is 0 Å². The highest BCUT2D eigenvalue weighted by molar-refractivity contribution is 5.75. The van der Waals surface area contributed by atoms with E-state index in [9.17, 15) is 4.79 Å². The van der Waals surface area contributed by atoms with Gasteiger partial charge in [-0.2, -0.15) is 0 Å². The zero-order valence-electron chi connectivity index (χ0n) is 12.5. The third kappa shape index (κ3) is 2.05. The quantitative estimate of drug-likeness (QED) is 0.776. The number of fused-ring (bicyclic) bond motifs is 2. The Kier molecular flexibility index (Phi) is 3.55. The van der Waals surface area contributed by atoms with Crippen LogP contribution < -0.4 is 0 Å². The Hall–Kier alpha value is -1.35. The number of benzene rings is 1. The second-order valence-corrected chi connectivity index (χ2v) is 6.31. The first kappa shape index (κ1) is 13.6. The maximum absolute atomic E-state index is 12.3. The van der Waals surface area contributed by atoms with Crippen LogP contribution in [0.1, 0.15) is 31.2 Å². The highest BCUT2D eigenvalue weighted by Crippen LogP contribution is 2.48. The molecule has 3 rings (SSSR count). The summed E-state index contributed by atoms with van der Waals surface area (Å²) < 4.78 is 5.11. The lowest BCUT2D eigenvalue weighted by Gasteiger charge is -2.42. The lowest BCUT2D eigenvalue weighted by Crippen LogP contribution is -2.49. The van der Waals surface area contributed by atoms with Crippen LogP contribution in [0.15, 0.2) is 30.3 Å². The maximum Gasteiger partial charge on any atom is 0.310 e. The van der Waals surface area contributed by atoms with E-state index in [4.69, 9.17) is 4.74 Å². The van der Waals surface area contributed by atoms with Crippen LogP contribution in [0.2, 0.25) is 0 Å². The molecule has 108 valence electrons. The second kappa shape index (κ2) is 5.21. The Balaban J connectivity index is 1.98. The van der Waals surface area contributed by atoms with Crippen LogP contribution >= 0.6 is 0 Å². The van der Waals surface area contributed by atoms with Crippen molar-refractivity contribution in [3.63, 3.8) is 0 Å². The molecule has 0 aliphatic carbocycles. The number of hydrogen-bond acceptors (Lipinski definition) is 3. The minimum absolute atomic E-state index is 0.0337. The minimum atomic E-state index is -0.0525. The van der Waals surface area contributed by atoms with Gasteiger partial charge in [-0.25, -0.2) is 0 Å². The van der Waals surface area contributed by atoms with Crippen LogP contribution in [-0.2, 0) is 9.53 Å². The zero-order valence-corrected chi connectivity index (χ0v) is 12.5. The van der Waals surface area contributed by atoms with Crippen molar-refractivity contribution in [2.45, 2.75) is 37.8 Å². The van der Waals surface area contributed by atoms with Crippen molar-refractivity contribution < 1.29 is 9.53 Å². The number of esters is 1. The van der Waals surface area contributed by atoms with E-state index in [1.165, 1.54) is 12.7 Å². The summed E-state index contributed by atoms with van der Waals surface area (Å²) in [6.07, 6.45) is 2.15. The fourth-order valence-electron chi connectivity index (χ4n) is 4.33. The minimum Gasteiger partial charge on any atom is -0.469 e. The lowest BCUT2D eigenvalue weighted by atomic mass is 9.76. The molecule has 0 aromatic heterocycles. The van der Waals surface area contributed by atoms with Crippen molar-refractivity contribution in [3.8, 4) is 0 Å². The molecule has 2 aliphatic rings. The van der Waals surface area contributed by atoms with Crippen molar-refractivity contribution in [2.24, 2.45) is 11.8 Å². The molecule has 3 heteroatoms. The van der Waals surface area contributed by atoms with E-state index in [1.54, 1.807) is 0 Å². The number of piperidine rings is 1. The van der Waals surface area contributed by atoms with Gasteiger partial charge in [0, 0.05) is 18.0 Å². The molecule has 3 nitrogen and oxygen atoms in total. The van der Waals surface area contributed by atoms with E-state index in [1.807, 2.05) is 6.07 Å². The van der Waals surface area contributed by atoms with Gasteiger partial charge in [-0.3, -0.25) is 9.69 Å². The fourth-order valence-corrected chi connectivity index (χ4v) is 4.33. The SMILES string of the molecule is COC(=O)C1C(c2ccccc2)CC2C(C)CC1N2C. The molecule has 0 spiro atoms. The largest absolute Gasteiger partial charge is 0.469 e. The number of nitrogens with zero attached hydrogens (tertiary/aromatic N) is 1. The van der Waals surface area contributed by atoms with Gasteiger partial charge in [0.15, 0.2) is 0 Å². The topological polar surface area (TPSA) is 29.5 Å². The van der Waals surface area contributed by atoms with Crippen molar-refractivity contribution in [2.75, 3.05) is 14.2 Å². The third-order valence-corrected chi connectivity index (χ3v) is 5.36. The summed E-state index contributed by atoms with van der Waals surface area (Å²) in [5.74, 6) is 0.863. The molecule has 2 saturated heterocycles. The highest BCUT2D eigenvalue weighted by Gasteiger charge is 2.52. The number of carbonyl (C=O) groups is 1. The van der Waals surface area contributed by atoms with Gasteiger partial charge in [0.1, 0.15) is 0 Å². The Morgan fingerprint density at radius 2 is 1.90 bits per heavy atom. The van der Waals surface area contributed by atoms with Crippen LogP contribution in [0.4, 0.5) is 0 Å². The number of carbonyl (C=O) groups excluding carboxylic acids is 1. The Morgan fingerprint density at radius 1 is 1.20 bits per heavy atom. The number of ether oxygens (including phenoxy) is 1. The van der Waals surface area contributed by atoms with E-state index in [0.29, 0.717) is 23.9 Å². The lowest BCUT2D eigenvalue weighted by molar-refractivity contribution is -0.150. The summed E-state index contributed by atoms with van der Waals surface area (Å²) in [6.45, 7) is 2.31. The number of methoxy groups -OCH3 is 1. The summed E-state index contributed by atoms with van der Waals surface area (Å²) in [5, 5.41) is 0. The molecule has 2 bridgehead atoms. The average Bonchev–Trinajstić information content (AvgIpc) is 2.66. The average molecular weight is 273 g/mol.